The predicted octanol–water partition coefficient (Wildman–Crippen LogP) is 3.53. The van der Waals surface area contributed by atoms with E-state index in [9.17, 15) is 18.0 Å². The van der Waals surface area contributed by atoms with Gasteiger partial charge in [0.1, 0.15) is 17.9 Å². The monoisotopic (exact) mass is 503 g/mol. The summed E-state index contributed by atoms with van der Waals surface area (Å²) in [7, 11) is -3.42. The van der Waals surface area contributed by atoms with Crippen LogP contribution < -0.4 is 16.0 Å². The third-order valence-corrected chi connectivity index (χ3v) is 6.03. The molecule has 0 aliphatic heterocycles. The van der Waals surface area contributed by atoms with Crippen molar-refractivity contribution in [3.05, 3.63) is 79.1 Å². The van der Waals surface area contributed by atoms with Crippen molar-refractivity contribution >= 4 is 49.7 Å². The zero-order valence-electron chi connectivity index (χ0n) is 19.6. The number of carbonyl (C=O) groups is 2. The Labute approximate surface area is 208 Å². The molecule has 0 fully saturated rings. The molecule has 0 bridgehead atoms. The number of hydrogen-bond donors (Lipinski definition) is 3. The molecule has 1 heterocycles. The summed E-state index contributed by atoms with van der Waals surface area (Å²) in [6, 6.07) is 23.4. The second-order valence-corrected chi connectivity index (χ2v) is 10.4. The molecule has 3 N–H and O–H groups in total. The van der Waals surface area contributed by atoms with E-state index in [-0.39, 0.29) is 18.9 Å². The minimum atomic E-state index is -3.42. The van der Waals surface area contributed by atoms with Gasteiger partial charge in [-0.05, 0) is 41.5 Å². The van der Waals surface area contributed by atoms with E-state index in [0.29, 0.717) is 17.0 Å². The van der Waals surface area contributed by atoms with Crippen molar-refractivity contribution in [1.82, 2.24) is 15.3 Å². The van der Waals surface area contributed by atoms with Gasteiger partial charge in [0.15, 0.2) is 9.84 Å². The van der Waals surface area contributed by atoms with Crippen LogP contribution in [-0.2, 0) is 19.4 Å². The molecule has 0 atom stereocenters. The molecule has 0 saturated heterocycles. The Balaban J connectivity index is 1.42. The van der Waals surface area contributed by atoms with E-state index in [1.54, 1.807) is 18.2 Å². The summed E-state index contributed by atoms with van der Waals surface area (Å²) < 4.78 is 22.3. The van der Waals surface area contributed by atoms with Crippen molar-refractivity contribution in [2.45, 2.75) is 6.42 Å². The number of fused-ring (bicyclic) bond motifs is 1. The molecular weight excluding hydrogens is 478 g/mol. The molecule has 0 aliphatic rings. The highest BCUT2D eigenvalue weighted by atomic mass is 32.2. The average molecular weight is 504 g/mol. The van der Waals surface area contributed by atoms with Crippen LogP contribution in [0.4, 0.5) is 17.2 Å². The first kappa shape index (κ1) is 24.8. The van der Waals surface area contributed by atoms with Crippen LogP contribution in [0.25, 0.3) is 22.0 Å². The smallest absolute Gasteiger partial charge is 0.235 e. The predicted molar refractivity (Wildman–Crippen MR) is 141 cm³/mol. The number of sulfone groups is 1. The average Bonchev–Trinajstić information content (AvgIpc) is 2.84. The van der Waals surface area contributed by atoms with Gasteiger partial charge in [0.05, 0.1) is 5.52 Å². The van der Waals surface area contributed by atoms with Gasteiger partial charge in [-0.3, -0.25) is 9.59 Å². The van der Waals surface area contributed by atoms with Gasteiger partial charge in [-0.15, -0.1) is 0 Å². The van der Waals surface area contributed by atoms with Crippen molar-refractivity contribution in [2.75, 3.05) is 29.2 Å². The number of nitrogens with zero attached hydrogens (tertiary/aromatic N) is 2. The molecule has 4 aromatic rings. The summed E-state index contributed by atoms with van der Waals surface area (Å²) in [5.41, 5.74) is 4.35. The van der Waals surface area contributed by atoms with Crippen LogP contribution in [0, 0.1) is 0 Å². The fourth-order valence-corrected chi connectivity index (χ4v) is 4.15. The standard InChI is InChI=1S/C26H25N5O4S/c1-36(34,35)16-25(33)27-14-13-24(32)30-21-11-12-23-22(15-21)26(29-17-28-23)31-20-9-7-19(8-10-20)18-5-3-2-4-6-18/h2-12,15,17H,13-14,16H2,1H3,(H,27,33)(H,30,32)(H,28,29,31). The lowest BCUT2D eigenvalue weighted by Crippen LogP contribution is -2.32. The molecule has 0 saturated carbocycles. The Hall–Kier alpha value is -4.31. The number of benzene rings is 3. The molecule has 1 aromatic heterocycles. The Morgan fingerprint density at radius 1 is 0.833 bits per heavy atom. The minimum absolute atomic E-state index is 0.00228. The van der Waals surface area contributed by atoms with Crippen LogP contribution in [0.5, 0.6) is 0 Å². The molecule has 0 spiro atoms. The van der Waals surface area contributed by atoms with E-state index in [0.717, 1.165) is 28.5 Å². The lowest BCUT2D eigenvalue weighted by atomic mass is 10.1. The van der Waals surface area contributed by atoms with E-state index in [2.05, 4.69) is 38.1 Å². The van der Waals surface area contributed by atoms with E-state index in [1.165, 1.54) is 6.33 Å². The summed E-state index contributed by atoms with van der Waals surface area (Å²) in [4.78, 5) is 32.6. The highest BCUT2D eigenvalue weighted by molar-refractivity contribution is 7.91. The van der Waals surface area contributed by atoms with Crippen LogP contribution in [-0.4, -0.2) is 48.8 Å². The number of amides is 2. The summed E-state index contributed by atoms with van der Waals surface area (Å²) >= 11 is 0. The Bertz CT molecular complexity index is 1490. The molecule has 3 aromatic carbocycles. The van der Waals surface area contributed by atoms with Crippen molar-refractivity contribution in [3.8, 4) is 11.1 Å². The molecule has 10 heteroatoms. The summed E-state index contributed by atoms with van der Waals surface area (Å²) in [6.45, 7) is 0.0304. The number of rotatable bonds is 9. The van der Waals surface area contributed by atoms with Gasteiger partial charge in [0.2, 0.25) is 11.8 Å². The molecule has 2 amide bonds. The molecule has 0 radical (unpaired) electrons. The minimum Gasteiger partial charge on any atom is -0.355 e. The Morgan fingerprint density at radius 2 is 1.53 bits per heavy atom. The Morgan fingerprint density at radius 3 is 2.25 bits per heavy atom. The van der Waals surface area contributed by atoms with Crippen LogP contribution in [0.1, 0.15) is 6.42 Å². The van der Waals surface area contributed by atoms with Crippen molar-refractivity contribution in [1.29, 1.82) is 0 Å². The fourth-order valence-electron chi connectivity index (χ4n) is 3.58. The first-order valence-corrected chi connectivity index (χ1v) is 13.2. The zero-order chi connectivity index (χ0) is 25.5. The van der Waals surface area contributed by atoms with Crippen molar-refractivity contribution < 1.29 is 18.0 Å². The maximum Gasteiger partial charge on any atom is 0.235 e. The van der Waals surface area contributed by atoms with Gasteiger partial charge in [-0.2, -0.15) is 0 Å². The maximum atomic E-state index is 12.3. The van der Waals surface area contributed by atoms with E-state index in [1.807, 2.05) is 42.5 Å². The number of aromatic nitrogens is 2. The van der Waals surface area contributed by atoms with Crippen molar-refractivity contribution in [2.24, 2.45) is 0 Å². The van der Waals surface area contributed by atoms with E-state index in [4.69, 9.17) is 0 Å². The van der Waals surface area contributed by atoms with E-state index >= 15 is 0 Å². The number of hydrogen-bond acceptors (Lipinski definition) is 7. The number of nitrogens with one attached hydrogen (secondary N) is 3. The second-order valence-electron chi connectivity index (χ2n) is 8.24. The Kier molecular flexibility index (Phi) is 7.55. The second kappa shape index (κ2) is 11.0. The lowest BCUT2D eigenvalue weighted by molar-refractivity contribution is -0.119. The summed E-state index contributed by atoms with van der Waals surface area (Å²) in [5, 5.41) is 9.25. The first-order chi connectivity index (χ1) is 17.3. The van der Waals surface area contributed by atoms with E-state index < -0.39 is 21.5 Å². The molecular formula is C26H25N5O4S. The third-order valence-electron chi connectivity index (χ3n) is 5.24. The SMILES string of the molecule is CS(=O)(=O)CC(=O)NCCC(=O)Nc1ccc2ncnc(Nc3ccc(-c4ccccc4)cc3)c2c1. The quantitative estimate of drug-likeness (QED) is 0.319. The highest BCUT2D eigenvalue weighted by Gasteiger charge is 2.12. The lowest BCUT2D eigenvalue weighted by Gasteiger charge is -2.11. The topological polar surface area (TPSA) is 130 Å². The van der Waals surface area contributed by atoms with Gasteiger partial charge in [-0.1, -0.05) is 42.5 Å². The molecule has 9 nitrogen and oxygen atoms in total. The fraction of sp³-hybridized carbons (Fsp3) is 0.154. The van der Waals surface area contributed by atoms with Crippen molar-refractivity contribution in [3.63, 3.8) is 0 Å². The number of carbonyl (C=O) groups excluding carboxylic acids is 2. The van der Waals surface area contributed by atoms with Crippen LogP contribution in [0.15, 0.2) is 79.1 Å². The van der Waals surface area contributed by atoms with Crippen LogP contribution >= 0.6 is 0 Å². The van der Waals surface area contributed by atoms with Crippen LogP contribution in [0.2, 0.25) is 0 Å². The maximum absolute atomic E-state index is 12.3. The normalized spacial score (nSPS) is 11.1. The van der Waals surface area contributed by atoms with Gasteiger partial charge < -0.3 is 16.0 Å². The first-order valence-electron chi connectivity index (χ1n) is 11.2. The summed E-state index contributed by atoms with van der Waals surface area (Å²) in [6.07, 6.45) is 2.45. The largest absolute Gasteiger partial charge is 0.355 e. The molecule has 0 unspecified atom stereocenters. The highest BCUT2D eigenvalue weighted by Crippen LogP contribution is 2.27. The van der Waals surface area contributed by atoms with Gasteiger partial charge in [-0.25, -0.2) is 18.4 Å². The number of anilines is 3. The third kappa shape index (κ3) is 6.86. The van der Waals surface area contributed by atoms with Gasteiger partial charge in [0, 0.05) is 36.0 Å². The summed E-state index contributed by atoms with van der Waals surface area (Å²) in [5.74, 6) is -0.974. The molecule has 184 valence electrons. The zero-order valence-corrected chi connectivity index (χ0v) is 20.4. The van der Waals surface area contributed by atoms with Gasteiger partial charge >= 0.3 is 0 Å². The molecule has 36 heavy (non-hydrogen) atoms. The molecule has 4 rings (SSSR count). The van der Waals surface area contributed by atoms with Gasteiger partial charge in [0.25, 0.3) is 0 Å². The molecule has 0 aliphatic carbocycles. The van der Waals surface area contributed by atoms with Crippen LogP contribution in [0.3, 0.4) is 0 Å².